The van der Waals surface area contributed by atoms with E-state index in [4.69, 9.17) is 4.98 Å². The van der Waals surface area contributed by atoms with Crippen LogP contribution in [0.15, 0.2) is 83.7 Å². The van der Waals surface area contributed by atoms with Crippen LogP contribution >= 0.6 is 0 Å². The predicted octanol–water partition coefficient (Wildman–Crippen LogP) is 3.38. The van der Waals surface area contributed by atoms with Gasteiger partial charge in [-0.25, -0.2) is 9.88 Å². The third-order valence-corrected chi connectivity index (χ3v) is 8.03. The van der Waals surface area contributed by atoms with E-state index in [-0.39, 0.29) is 29.3 Å². The van der Waals surface area contributed by atoms with Crippen LogP contribution in [0.4, 0.5) is 5.69 Å². The van der Waals surface area contributed by atoms with Crippen molar-refractivity contribution in [1.29, 1.82) is 0 Å². The van der Waals surface area contributed by atoms with Crippen LogP contribution in [0.2, 0.25) is 0 Å². The molecular weight excluding hydrogens is 452 g/mol. The number of anilines is 1. The Hall–Kier alpha value is -4.10. The van der Waals surface area contributed by atoms with E-state index in [0.717, 1.165) is 5.56 Å². The first kappa shape index (κ1) is 21.2. The minimum absolute atomic E-state index is 0.0674. The average Bonchev–Trinajstić information content (AvgIpc) is 3.48. The number of imide groups is 1. The molecule has 1 spiro atoms. The lowest BCUT2D eigenvalue weighted by atomic mass is 9.75. The van der Waals surface area contributed by atoms with Crippen LogP contribution in [0.25, 0.3) is 16.6 Å². The Morgan fingerprint density at radius 2 is 1.56 bits per heavy atom. The van der Waals surface area contributed by atoms with Gasteiger partial charge in [0.25, 0.3) is 5.56 Å². The second-order valence-electron chi connectivity index (χ2n) is 10.2. The molecule has 7 rings (SSSR count). The minimum atomic E-state index is -1.10. The van der Waals surface area contributed by atoms with Gasteiger partial charge in [-0.3, -0.25) is 24.3 Å². The number of nitrogens with one attached hydrogen (secondary N) is 1. The minimum Gasteiger partial charge on any atom is -0.296 e. The molecule has 1 N–H and O–H groups in total. The highest BCUT2D eigenvalue weighted by atomic mass is 16.2. The van der Waals surface area contributed by atoms with E-state index < -0.39 is 17.4 Å². The first-order chi connectivity index (χ1) is 17.4. The summed E-state index contributed by atoms with van der Waals surface area (Å²) in [6, 6.07) is 23.7. The summed E-state index contributed by atoms with van der Waals surface area (Å²) >= 11 is 0. The molecule has 4 atom stereocenters. The fraction of sp³-hybridized carbons (Fsp3) is 0.241. The highest BCUT2D eigenvalue weighted by molar-refractivity contribution is 6.23. The van der Waals surface area contributed by atoms with Gasteiger partial charge >= 0.3 is 0 Å². The SMILES string of the molecule is CC(C)[C@H]1N[C@@]2(c3ccccc3-n3c2nc2ccccc2c3=O)[C@H]2C(=O)N(c3ccccc3)C(=O)[C@@H]12. The van der Waals surface area contributed by atoms with E-state index in [2.05, 4.69) is 19.2 Å². The average molecular weight is 477 g/mol. The lowest BCUT2D eigenvalue weighted by Gasteiger charge is -2.32. The smallest absolute Gasteiger partial charge is 0.266 e. The molecule has 3 aliphatic rings. The number of aromatic nitrogens is 2. The number of hydrogen-bond donors (Lipinski definition) is 1. The van der Waals surface area contributed by atoms with E-state index in [1.165, 1.54) is 4.90 Å². The zero-order chi connectivity index (χ0) is 24.8. The number of amides is 2. The Labute approximate surface area is 207 Å². The Bertz CT molecular complexity index is 1640. The fourth-order valence-corrected chi connectivity index (χ4v) is 6.56. The second kappa shape index (κ2) is 7.21. The number of benzene rings is 3. The molecule has 178 valence electrons. The first-order valence-corrected chi connectivity index (χ1v) is 12.3. The summed E-state index contributed by atoms with van der Waals surface area (Å²) in [7, 11) is 0. The topological polar surface area (TPSA) is 84.3 Å². The molecule has 0 bridgehead atoms. The summed E-state index contributed by atoms with van der Waals surface area (Å²) in [6.07, 6.45) is 0. The largest absolute Gasteiger partial charge is 0.296 e. The van der Waals surface area contributed by atoms with Gasteiger partial charge < -0.3 is 0 Å². The number of carbonyl (C=O) groups excluding carboxylic acids is 2. The van der Waals surface area contributed by atoms with Crippen molar-refractivity contribution >= 4 is 28.4 Å². The lowest BCUT2D eigenvalue weighted by molar-refractivity contribution is -0.123. The number of carbonyl (C=O) groups is 2. The van der Waals surface area contributed by atoms with Gasteiger partial charge in [0.1, 0.15) is 11.4 Å². The zero-order valence-corrected chi connectivity index (χ0v) is 19.9. The molecule has 2 saturated heterocycles. The van der Waals surface area contributed by atoms with Crippen LogP contribution in [-0.4, -0.2) is 27.4 Å². The number of nitrogens with zero attached hydrogens (tertiary/aromatic N) is 3. The molecule has 4 aromatic rings. The monoisotopic (exact) mass is 476 g/mol. The molecule has 4 heterocycles. The van der Waals surface area contributed by atoms with Crippen LogP contribution in [-0.2, 0) is 15.1 Å². The molecule has 1 aromatic heterocycles. The molecule has 3 aromatic carbocycles. The van der Waals surface area contributed by atoms with Gasteiger partial charge in [-0.2, -0.15) is 0 Å². The lowest BCUT2D eigenvalue weighted by Crippen LogP contribution is -2.51. The molecule has 0 radical (unpaired) electrons. The van der Waals surface area contributed by atoms with E-state index in [0.29, 0.717) is 28.1 Å². The van der Waals surface area contributed by atoms with E-state index in [1.54, 1.807) is 22.8 Å². The molecule has 3 aliphatic heterocycles. The van der Waals surface area contributed by atoms with Crippen LogP contribution in [0.5, 0.6) is 0 Å². The third-order valence-electron chi connectivity index (χ3n) is 8.03. The van der Waals surface area contributed by atoms with Crippen LogP contribution in [0.1, 0.15) is 25.2 Å². The Balaban J connectivity index is 1.55. The van der Waals surface area contributed by atoms with Crippen LogP contribution < -0.4 is 15.8 Å². The van der Waals surface area contributed by atoms with Crippen molar-refractivity contribution in [2.45, 2.75) is 25.4 Å². The molecular formula is C29H24N4O3. The van der Waals surface area contributed by atoms with Crippen LogP contribution in [0, 0.1) is 17.8 Å². The van der Waals surface area contributed by atoms with Crippen LogP contribution in [0.3, 0.4) is 0 Å². The number of fused-ring (bicyclic) bond motifs is 8. The molecule has 7 nitrogen and oxygen atoms in total. The van der Waals surface area contributed by atoms with Gasteiger partial charge in [-0.05, 0) is 36.2 Å². The van der Waals surface area contributed by atoms with Crippen molar-refractivity contribution in [2.75, 3.05) is 4.90 Å². The van der Waals surface area contributed by atoms with Crippen molar-refractivity contribution in [1.82, 2.24) is 14.9 Å². The highest BCUT2D eigenvalue weighted by Gasteiger charge is 2.70. The van der Waals surface area contributed by atoms with Crippen molar-refractivity contribution in [3.8, 4) is 5.69 Å². The van der Waals surface area contributed by atoms with E-state index in [9.17, 15) is 14.4 Å². The summed E-state index contributed by atoms with van der Waals surface area (Å²) < 4.78 is 1.63. The van der Waals surface area contributed by atoms with Gasteiger partial charge in [0.2, 0.25) is 11.8 Å². The fourth-order valence-electron chi connectivity index (χ4n) is 6.56. The normalized spacial score (nSPS) is 26.2. The summed E-state index contributed by atoms with van der Waals surface area (Å²) in [4.78, 5) is 48.3. The maximum Gasteiger partial charge on any atom is 0.266 e. The molecule has 2 amide bonds. The van der Waals surface area contributed by atoms with E-state index in [1.807, 2.05) is 60.7 Å². The van der Waals surface area contributed by atoms with E-state index >= 15 is 0 Å². The number of rotatable bonds is 2. The quantitative estimate of drug-likeness (QED) is 0.449. The number of hydrogen-bond acceptors (Lipinski definition) is 5. The third kappa shape index (κ3) is 2.45. The Morgan fingerprint density at radius 1 is 0.861 bits per heavy atom. The Morgan fingerprint density at radius 3 is 2.33 bits per heavy atom. The van der Waals surface area contributed by atoms with Gasteiger partial charge in [-0.1, -0.05) is 62.4 Å². The number of para-hydroxylation sites is 3. The van der Waals surface area contributed by atoms with Crippen molar-refractivity contribution in [2.24, 2.45) is 17.8 Å². The van der Waals surface area contributed by atoms with Gasteiger partial charge in [0.05, 0.1) is 34.1 Å². The summed E-state index contributed by atoms with van der Waals surface area (Å²) in [5.74, 6) is -1.25. The molecule has 2 fully saturated rings. The molecule has 0 saturated carbocycles. The van der Waals surface area contributed by atoms with Gasteiger partial charge in [0, 0.05) is 11.6 Å². The van der Waals surface area contributed by atoms with Gasteiger partial charge in [-0.15, -0.1) is 0 Å². The standard InChI is InChI=1S/C29H24N4O3/c1-16(2)24-22-23(27(36)32(26(22)35)17-10-4-3-5-11-17)29(31-24)19-13-7-9-15-21(19)33-25(34)18-12-6-8-14-20(18)30-28(29)33/h3-16,22-24,31H,1-2H3/t22-,23-,24-,29+/m1/s1. The maximum absolute atomic E-state index is 14.2. The zero-order valence-electron chi connectivity index (χ0n) is 19.9. The Kier molecular flexibility index (Phi) is 4.25. The van der Waals surface area contributed by atoms with Gasteiger partial charge in [0.15, 0.2) is 0 Å². The second-order valence-corrected chi connectivity index (χ2v) is 10.2. The molecule has 0 aliphatic carbocycles. The van der Waals surface area contributed by atoms with Crippen molar-refractivity contribution in [3.63, 3.8) is 0 Å². The first-order valence-electron chi connectivity index (χ1n) is 12.3. The summed E-state index contributed by atoms with van der Waals surface area (Å²) in [6.45, 7) is 4.11. The summed E-state index contributed by atoms with van der Waals surface area (Å²) in [5.41, 5.74) is 1.36. The highest BCUT2D eigenvalue weighted by Crippen LogP contribution is 2.56. The molecule has 7 heteroatoms. The molecule has 36 heavy (non-hydrogen) atoms. The molecule has 0 unspecified atom stereocenters. The predicted molar refractivity (Wildman–Crippen MR) is 136 cm³/mol. The van der Waals surface area contributed by atoms with Crippen molar-refractivity contribution in [3.05, 3.63) is 101 Å². The van der Waals surface area contributed by atoms with Crippen molar-refractivity contribution < 1.29 is 9.59 Å². The summed E-state index contributed by atoms with van der Waals surface area (Å²) in [5, 5.41) is 4.23. The maximum atomic E-state index is 14.2.